The quantitative estimate of drug-likeness (QED) is 0.878. The summed E-state index contributed by atoms with van der Waals surface area (Å²) in [6.07, 6.45) is 4.24. The lowest BCUT2D eigenvalue weighted by atomic mass is 10.0. The van der Waals surface area contributed by atoms with Crippen molar-refractivity contribution in [2.45, 2.75) is 38.6 Å². The third kappa shape index (κ3) is 4.11. The smallest absolute Gasteiger partial charge is 0.227 e. The molecule has 4 rings (SSSR count). The Kier molecular flexibility index (Phi) is 5.34. The van der Waals surface area contributed by atoms with Crippen molar-refractivity contribution in [1.82, 2.24) is 20.2 Å². The van der Waals surface area contributed by atoms with E-state index in [1.54, 1.807) is 0 Å². The fraction of sp³-hybridized carbons (Fsp3) is 0.476. The van der Waals surface area contributed by atoms with E-state index in [9.17, 15) is 4.79 Å². The number of carbonyl (C=O) groups excluding carboxylic acids is 1. The second-order valence-electron chi connectivity index (χ2n) is 7.21. The summed E-state index contributed by atoms with van der Waals surface area (Å²) in [4.78, 5) is 24.0. The van der Waals surface area contributed by atoms with Gasteiger partial charge in [-0.1, -0.05) is 12.1 Å². The van der Waals surface area contributed by atoms with Gasteiger partial charge in [0.05, 0.1) is 18.7 Å². The van der Waals surface area contributed by atoms with Gasteiger partial charge in [0.2, 0.25) is 5.91 Å². The molecule has 1 atom stereocenters. The molecule has 0 aliphatic carbocycles. The van der Waals surface area contributed by atoms with Gasteiger partial charge in [0, 0.05) is 43.7 Å². The van der Waals surface area contributed by atoms with Crippen LogP contribution in [0.1, 0.15) is 41.9 Å². The first-order chi connectivity index (χ1) is 13.2. The average molecular weight is 366 g/mol. The maximum Gasteiger partial charge on any atom is 0.227 e. The number of ether oxygens (including phenoxy) is 1. The standard InChI is InChI=1S/C21H26N4O2/c1-2-27-18-5-3-15(4-6-18)11-20(26)25-10-8-19-17(14-25)13-23-21(24-19)16-7-9-22-12-16/h3-6,13,16,22H,2,7-12,14H2,1H3. The molecule has 1 unspecified atom stereocenters. The van der Waals surface area contributed by atoms with Crippen LogP contribution in [0.15, 0.2) is 30.5 Å². The Bertz CT molecular complexity index is 800. The second-order valence-corrected chi connectivity index (χ2v) is 7.21. The number of amides is 1. The maximum absolute atomic E-state index is 12.7. The molecular formula is C21H26N4O2. The van der Waals surface area contributed by atoms with Crippen molar-refractivity contribution in [1.29, 1.82) is 0 Å². The number of aromatic nitrogens is 2. The van der Waals surface area contributed by atoms with E-state index in [0.29, 0.717) is 25.5 Å². The van der Waals surface area contributed by atoms with Crippen LogP contribution in [0.3, 0.4) is 0 Å². The van der Waals surface area contributed by atoms with Crippen LogP contribution in [0, 0.1) is 0 Å². The van der Waals surface area contributed by atoms with Gasteiger partial charge in [0.15, 0.2) is 0 Å². The number of hydrogen-bond donors (Lipinski definition) is 1. The molecular weight excluding hydrogens is 340 g/mol. The van der Waals surface area contributed by atoms with Crippen LogP contribution in [0.2, 0.25) is 0 Å². The van der Waals surface area contributed by atoms with Gasteiger partial charge in [-0.15, -0.1) is 0 Å². The first kappa shape index (κ1) is 17.9. The average Bonchev–Trinajstić information content (AvgIpc) is 3.24. The molecule has 6 heteroatoms. The summed E-state index contributed by atoms with van der Waals surface area (Å²) >= 11 is 0. The predicted molar refractivity (Wildman–Crippen MR) is 103 cm³/mol. The van der Waals surface area contributed by atoms with Gasteiger partial charge in [-0.25, -0.2) is 9.97 Å². The van der Waals surface area contributed by atoms with Crippen LogP contribution >= 0.6 is 0 Å². The van der Waals surface area contributed by atoms with E-state index in [4.69, 9.17) is 9.72 Å². The Morgan fingerprint density at radius 2 is 2.19 bits per heavy atom. The topological polar surface area (TPSA) is 67.3 Å². The Morgan fingerprint density at radius 3 is 2.93 bits per heavy atom. The Morgan fingerprint density at radius 1 is 1.33 bits per heavy atom. The molecule has 1 aromatic carbocycles. The SMILES string of the molecule is CCOc1ccc(CC(=O)N2CCc3nc(C4CCNC4)ncc3C2)cc1. The van der Waals surface area contributed by atoms with E-state index >= 15 is 0 Å². The minimum Gasteiger partial charge on any atom is -0.494 e. The van der Waals surface area contributed by atoms with Crippen LogP contribution < -0.4 is 10.1 Å². The Labute approximate surface area is 160 Å². The summed E-state index contributed by atoms with van der Waals surface area (Å²) in [6, 6.07) is 7.77. The zero-order valence-electron chi connectivity index (χ0n) is 15.8. The van der Waals surface area contributed by atoms with Gasteiger partial charge in [0.25, 0.3) is 0 Å². The molecule has 1 fully saturated rings. The van der Waals surface area contributed by atoms with Crippen LogP contribution in [0.25, 0.3) is 0 Å². The number of fused-ring (bicyclic) bond motifs is 1. The molecule has 0 radical (unpaired) electrons. The Hall–Kier alpha value is -2.47. The van der Waals surface area contributed by atoms with Gasteiger partial charge < -0.3 is 15.0 Å². The van der Waals surface area contributed by atoms with Crippen molar-refractivity contribution in [2.75, 3.05) is 26.2 Å². The third-order valence-electron chi connectivity index (χ3n) is 5.32. The third-order valence-corrected chi connectivity index (χ3v) is 5.32. The molecule has 142 valence electrons. The number of nitrogens with zero attached hydrogens (tertiary/aromatic N) is 3. The lowest BCUT2D eigenvalue weighted by Crippen LogP contribution is -2.37. The number of carbonyl (C=O) groups is 1. The molecule has 0 spiro atoms. The molecule has 2 aromatic rings. The molecule has 1 N–H and O–H groups in total. The summed E-state index contributed by atoms with van der Waals surface area (Å²) < 4.78 is 5.45. The van der Waals surface area contributed by atoms with Gasteiger partial charge in [-0.3, -0.25) is 4.79 Å². The first-order valence-corrected chi connectivity index (χ1v) is 9.78. The monoisotopic (exact) mass is 366 g/mol. The van der Waals surface area contributed by atoms with Crippen LogP contribution in [0.4, 0.5) is 0 Å². The van der Waals surface area contributed by atoms with Gasteiger partial charge in [-0.2, -0.15) is 0 Å². The lowest BCUT2D eigenvalue weighted by Gasteiger charge is -2.28. The zero-order valence-corrected chi connectivity index (χ0v) is 15.8. The second kappa shape index (κ2) is 8.05. The first-order valence-electron chi connectivity index (χ1n) is 9.78. The summed E-state index contributed by atoms with van der Waals surface area (Å²) in [5, 5.41) is 3.37. The fourth-order valence-electron chi connectivity index (χ4n) is 3.77. The van der Waals surface area contributed by atoms with Crippen molar-refractivity contribution >= 4 is 5.91 Å². The largest absolute Gasteiger partial charge is 0.494 e. The lowest BCUT2D eigenvalue weighted by molar-refractivity contribution is -0.131. The van der Waals surface area contributed by atoms with E-state index in [-0.39, 0.29) is 5.91 Å². The van der Waals surface area contributed by atoms with E-state index in [1.807, 2.05) is 42.3 Å². The minimum atomic E-state index is 0.147. The molecule has 1 saturated heterocycles. The Balaban J connectivity index is 1.39. The maximum atomic E-state index is 12.7. The zero-order chi connectivity index (χ0) is 18.6. The van der Waals surface area contributed by atoms with Gasteiger partial charge in [0.1, 0.15) is 11.6 Å². The molecule has 2 aliphatic heterocycles. The predicted octanol–water partition coefficient (Wildman–Crippen LogP) is 2.08. The summed E-state index contributed by atoms with van der Waals surface area (Å²) in [5.74, 6) is 2.36. The molecule has 2 aliphatic rings. The highest BCUT2D eigenvalue weighted by atomic mass is 16.5. The molecule has 0 bridgehead atoms. The van der Waals surface area contributed by atoms with Crippen LogP contribution in [-0.4, -0.2) is 47.0 Å². The van der Waals surface area contributed by atoms with Crippen molar-refractivity contribution in [3.8, 4) is 5.75 Å². The van der Waals surface area contributed by atoms with Gasteiger partial charge in [-0.05, 0) is 37.6 Å². The van der Waals surface area contributed by atoms with Crippen LogP contribution in [0.5, 0.6) is 5.75 Å². The molecule has 3 heterocycles. The van der Waals surface area contributed by atoms with Crippen molar-refractivity contribution < 1.29 is 9.53 Å². The van der Waals surface area contributed by atoms with Crippen molar-refractivity contribution in [3.63, 3.8) is 0 Å². The van der Waals surface area contributed by atoms with Crippen LogP contribution in [-0.2, 0) is 24.2 Å². The number of benzene rings is 1. The summed E-state index contributed by atoms with van der Waals surface area (Å²) in [5.41, 5.74) is 3.20. The van der Waals surface area contributed by atoms with Crippen molar-refractivity contribution in [3.05, 3.63) is 53.1 Å². The van der Waals surface area contributed by atoms with E-state index in [0.717, 1.165) is 60.9 Å². The molecule has 27 heavy (non-hydrogen) atoms. The highest BCUT2D eigenvalue weighted by molar-refractivity contribution is 5.79. The van der Waals surface area contributed by atoms with E-state index in [1.165, 1.54) is 0 Å². The summed E-state index contributed by atoms with van der Waals surface area (Å²) in [6.45, 7) is 5.94. The number of rotatable bonds is 5. The normalized spacial score (nSPS) is 19.0. The summed E-state index contributed by atoms with van der Waals surface area (Å²) in [7, 11) is 0. The number of hydrogen-bond acceptors (Lipinski definition) is 5. The molecule has 1 aromatic heterocycles. The molecule has 0 saturated carbocycles. The highest BCUT2D eigenvalue weighted by Crippen LogP contribution is 2.23. The van der Waals surface area contributed by atoms with E-state index in [2.05, 4.69) is 10.3 Å². The highest BCUT2D eigenvalue weighted by Gasteiger charge is 2.25. The number of nitrogens with one attached hydrogen (secondary N) is 1. The minimum absolute atomic E-state index is 0.147. The van der Waals surface area contributed by atoms with Gasteiger partial charge >= 0.3 is 0 Å². The molecule has 6 nitrogen and oxygen atoms in total. The fourth-order valence-corrected chi connectivity index (χ4v) is 3.77. The van der Waals surface area contributed by atoms with Crippen molar-refractivity contribution in [2.24, 2.45) is 0 Å². The van der Waals surface area contributed by atoms with E-state index < -0.39 is 0 Å². The molecule has 1 amide bonds.